The van der Waals surface area contributed by atoms with E-state index in [1.807, 2.05) is 30.3 Å². The van der Waals surface area contributed by atoms with Crippen molar-refractivity contribution in [3.8, 4) is 0 Å². The monoisotopic (exact) mass is 345 g/mol. The van der Waals surface area contributed by atoms with Crippen LogP contribution in [0.1, 0.15) is 25.5 Å². The lowest BCUT2D eigenvalue weighted by molar-refractivity contribution is 0.0420. The number of para-hydroxylation sites is 1. The van der Waals surface area contributed by atoms with Crippen molar-refractivity contribution in [1.82, 2.24) is 10.6 Å². The largest absolute Gasteiger partial charge is 0.459 e. The molecule has 3 rings (SSSR count). The fourth-order valence-corrected chi connectivity index (χ4v) is 2.79. The van der Waals surface area contributed by atoms with Crippen LogP contribution in [0.25, 0.3) is 11.0 Å². The smallest absolute Gasteiger partial charge is 0.191 e. The van der Waals surface area contributed by atoms with Gasteiger partial charge in [-0.2, -0.15) is 0 Å². The van der Waals surface area contributed by atoms with Crippen LogP contribution < -0.4 is 10.6 Å². The number of hydrogen-bond donors (Lipinski definition) is 2. The van der Waals surface area contributed by atoms with Gasteiger partial charge in [-0.1, -0.05) is 18.2 Å². The molecule has 6 heteroatoms. The molecule has 0 radical (unpaired) electrons. The number of hydrogen-bond acceptors (Lipinski definition) is 4. The van der Waals surface area contributed by atoms with Crippen LogP contribution in [0, 0.1) is 0 Å². The summed E-state index contributed by atoms with van der Waals surface area (Å²) in [4.78, 5) is 4.59. The maximum atomic E-state index is 5.80. The van der Waals surface area contributed by atoms with Crippen LogP contribution in [-0.2, 0) is 16.0 Å². The summed E-state index contributed by atoms with van der Waals surface area (Å²) in [6.07, 6.45) is 2.22. The highest BCUT2D eigenvalue weighted by atomic mass is 16.5. The van der Waals surface area contributed by atoms with E-state index in [9.17, 15) is 0 Å². The standard InChI is InChI=1S/C19H27N3O3/c1-2-20-19(21-9-5-10-24-16-8-11-23-14-16)22-13-17-12-15-6-3-4-7-18(15)25-17/h3-4,6-7,12,16H,2,5,8-11,13-14H2,1H3,(H2,20,21,22). The summed E-state index contributed by atoms with van der Waals surface area (Å²) in [6, 6.07) is 10.0. The predicted octanol–water partition coefficient (Wildman–Crippen LogP) is 2.68. The van der Waals surface area contributed by atoms with Crippen molar-refractivity contribution >= 4 is 16.9 Å². The zero-order valence-corrected chi connectivity index (χ0v) is 14.8. The van der Waals surface area contributed by atoms with Crippen molar-refractivity contribution in [2.24, 2.45) is 4.99 Å². The van der Waals surface area contributed by atoms with Gasteiger partial charge in [-0.05, 0) is 31.9 Å². The Morgan fingerprint density at radius 2 is 2.24 bits per heavy atom. The Morgan fingerprint density at radius 1 is 1.32 bits per heavy atom. The SMILES string of the molecule is CCNC(=NCc1cc2ccccc2o1)NCCCOC1CCOC1. The minimum atomic E-state index is 0.273. The van der Waals surface area contributed by atoms with Gasteiger partial charge in [0.1, 0.15) is 17.9 Å². The molecular weight excluding hydrogens is 318 g/mol. The molecule has 25 heavy (non-hydrogen) atoms. The van der Waals surface area contributed by atoms with E-state index in [0.717, 1.165) is 68.4 Å². The molecule has 1 saturated heterocycles. The van der Waals surface area contributed by atoms with E-state index in [1.165, 1.54) is 0 Å². The molecule has 0 bridgehead atoms. The molecule has 0 saturated carbocycles. The molecule has 1 fully saturated rings. The summed E-state index contributed by atoms with van der Waals surface area (Å²) in [6.45, 7) is 6.50. The number of ether oxygens (including phenoxy) is 2. The highest BCUT2D eigenvalue weighted by Gasteiger charge is 2.15. The highest BCUT2D eigenvalue weighted by Crippen LogP contribution is 2.19. The van der Waals surface area contributed by atoms with Crippen molar-refractivity contribution in [2.45, 2.75) is 32.4 Å². The van der Waals surface area contributed by atoms with Gasteiger partial charge in [0.25, 0.3) is 0 Å². The number of furan rings is 1. The number of benzene rings is 1. The fourth-order valence-electron chi connectivity index (χ4n) is 2.79. The second kappa shape index (κ2) is 9.44. The van der Waals surface area contributed by atoms with Gasteiger partial charge >= 0.3 is 0 Å². The quantitative estimate of drug-likeness (QED) is 0.437. The molecule has 1 unspecified atom stereocenters. The van der Waals surface area contributed by atoms with Gasteiger partial charge in [-0.25, -0.2) is 4.99 Å². The lowest BCUT2D eigenvalue weighted by atomic mass is 10.2. The molecule has 1 aliphatic rings. The first-order valence-corrected chi connectivity index (χ1v) is 9.04. The molecule has 1 aromatic carbocycles. The normalized spacial score (nSPS) is 18.0. The highest BCUT2D eigenvalue weighted by molar-refractivity contribution is 5.80. The summed E-state index contributed by atoms with van der Waals surface area (Å²) in [7, 11) is 0. The lowest BCUT2D eigenvalue weighted by Crippen LogP contribution is -2.38. The number of nitrogens with zero attached hydrogens (tertiary/aromatic N) is 1. The molecule has 2 aromatic rings. The van der Waals surface area contributed by atoms with Crippen LogP contribution in [0.3, 0.4) is 0 Å². The van der Waals surface area contributed by atoms with E-state index in [1.54, 1.807) is 0 Å². The molecular formula is C19H27N3O3. The average molecular weight is 345 g/mol. The third-order valence-electron chi connectivity index (χ3n) is 4.07. The molecule has 6 nitrogen and oxygen atoms in total. The van der Waals surface area contributed by atoms with E-state index in [2.05, 4.69) is 22.5 Å². The van der Waals surface area contributed by atoms with Crippen LogP contribution in [0.5, 0.6) is 0 Å². The molecule has 1 aromatic heterocycles. The number of rotatable bonds is 8. The van der Waals surface area contributed by atoms with Crippen LogP contribution in [0.15, 0.2) is 39.7 Å². The lowest BCUT2D eigenvalue weighted by Gasteiger charge is -2.12. The summed E-state index contributed by atoms with van der Waals surface area (Å²) in [5, 5.41) is 7.70. The second-order valence-corrected chi connectivity index (χ2v) is 6.08. The van der Waals surface area contributed by atoms with E-state index < -0.39 is 0 Å². The molecule has 2 N–H and O–H groups in total. The first-order valence-electron chi connectivity index (χ1n) is 9.04. The van der Waals surface area contributed by atoms with Crippen molar-refractivity contribution < 1.29 is 13.9 Å². The minimum Gasteiger partial charge on any atom is -0.459 e. The van der Waals surface area contributed by atoms with Gasteiger partial charge < -0.3 is 24.5 Å². The topological polar surface area (TPSA) is 68.0 Å². The number of fused-ring (bicyclic) bond motifs is 1. The van der Waals surface area contributed by atoms with Crippen molar-refractivity contribution in [2.75, 3.05) is 32.9 Å². The predicted molar refractivity (Wildman–Crippen MR) is 98.8 cm³/mol. The van der Waals surface area contributed by atoms with Gasteiger partial charge in [0, 0.05) is 31.7 Å². The third-order valence-corrected chi connectivity index (χ3v) is 4.07. The summed E-state index contributed by atoms with van der Waals surface area (Å²) in [5.41, 5.74) is 0.902. The van der Waals surface area contributed by atoms with Crippen molar-refractivity contribution in [1.29, 1.82) is 0 Å². The number of aliphatic imine (C=N–C) groups is 1. The van der Waals surface area contributed by atoms with E-state index in [0.29, 0.717) is 6.54 Å². The summed E-state index contributed by atoms with van der Waals surface area (Å²) < 4.78 is 16.9. The molecule has 0 spiro atoms. The van der Waals surface area contributed by atoms with Crippen LogP contribution in [0.4, 0.5) is 0 Å². The average Bonchev–Trinajstić information content (AvgIpc) is 3.28. The maximum Gasteiger partial charge on any atom is 0.191 e. The molecule has 0 amide bonds. The van der Waals surface area contributed by atoms with Crippen LogP contribution in [0.2, 0.25) is 0 Å². The maximum absolute atomic E-state index is 5.80. The van der Waals surface area contributed by atoms with Gasteiger partial charge in [0.15, 0.2) is 5.96 Å². The zero-order chi connectivity index (χ0) is 17.3. The fraction of sp³-hybridized carbons (Fsp3) is 0.526. The van der Waals surface area contributed by atoms with Crippen LogP contribution in [-0.4, -0.2) is 45.0 Å². The Labute approximate surface area is 148 Å². The first kappa shape index (κ1) is 17.8. The van der Waals surface area contributed by atoms with Gasteiger partial charge in [0.2, 0.25) is 0 Å². The summed E-state index contributed by atoms with van der Waals surface area (Å²) in [5.74, 6) is 1.66. The summed E-state index contributed by atoms with van der Waals surface area (Å²) >= 11 is 0. The van der Waals surface area contributed by atoms with E-state index >= 15 is 0 Å². The number of guanidine groups is 1. The minimum absolute atomic E-state index is 0.273. The third kappa shape index (κ3) is 5.47. The Bertz CT molecular complexity index is 644. The number of nitrogens with one attached hydrogen (secondary N) is 2. The van der Waals surface area contributed by atoms with Gasteiger partial charge in [-0.15, -0.1) is 0 Å². The van der Waals surface area contributed by atoms with E-state index in [4.69, 9.17) is 13.9 Å². The molecule has 2 heterocycles. The zero-order valence-electron chi connectivity index (χ0n) is 14.8. The van der Waals surface area contributed by atoms with Crippen LogP contribution >= 0.6 is 0 Å². The molecule has 1 aliphatic heterocycles. The molecule has 0 aliphatic carbocycles. The van der Waals surface area contributed by atoms with Crippen molar-refractivity contribution in [3.05, 3.63) is 36.1 Å². The van der Waals surface area contributed by atoms with E-state index in [-0.39, 0.29) is 6.10 Å². The Balaban J connectivity index is 1.43. The Hall–Kier alpha value is -2.05. The second-order valence-electron chi connectivity index (χ2n) is 6.08. The van der Waals surface area contributed by atoms with Gasteiger partial charge in [0.05, 0.1) is 12.7 Å². The Kier molecular flexibility index (Phi) is 6.71. The van der Waals surface area contributed by atoms with Crippen molar-refractivity contribution in [3.63, 3.8) is 0 Å². The first-order chi connectivity index (χ1) is 12.3. The molecule has 136 valence electrons. The molecule has 1 atom stereocenters. The van der Waals surface area contributed by atoms with Gasteiger partial charge in [-0.3, -0.25) is 0 Å². The Morgan fingerprint density at radius 3 is 3.04 bits per heavy atom.